The van der Waals surface area contributed by atoms with E-state index < -0.39 is 0 Å². The Hall–Kier alpha value is -3.05. The van der Waals surface area contributed by atoms with E-state index >= 15 is 0 Å². The fraction of sp³-hybridized carbons (Fsp3) is 0.0526. The summed E-state index contributed by atoms with van der Waals surface area (Å²) in [5, 5.41) is 0.658. The number of hydrogen-bond acceptors (Lipinski definition) is 4. The fourth-order valence-corrected chi connectivity index (χ4v) is 3.18. The highest BCUT2D eigenvalue weighted by molar-refractivity contribution is 6.30. The molecule has 0 saturated heterocycles. The van der Waals surface area contributed by atoms with Gasteiger partial charge in [-0.1, -0.05) is 35.9 Å². The number of imidazole rings is 1. The van der Waals surface area contributed by atoms with Gasteiger partial charge in [0.15, 0.2) is 0 Å². The number of para-hydroxylation sites is 2. The second kappa shape index (κ2) is 5.79. The number of hydrogen-bond donors (Lipinski definition) is 2. The van der Waals surface area contributed by atoms with Gasteiger partial charge in [-0.3, -0.25) is 4.57 Å². The maximum Gasteiger partial charge on any atom is 0.143 e. The molecule has 2 heterocycles. The van der Waals surface area contributed by atoms with Gasteiger partial charge in [-0.2, -0.15) is 0 Å². The Morgan fingerprint density at radius 3 is 2.40 bits per heavy atom. The first-order valence-electron chi connectivity index (χ1n) is 7.81. The van der Waals surface area contributed by atoms with Gasteiger partial charge in [-0.15, -0.1) is 0 Å². The Bertz CT molecular complexity index is 1060. The predicted molar refractivity (Wildman–Crippen MR) is 103 cm³/mol. The lowest BCUT2D eigenvalue weighted by molar-refractivity contribution is 0.961. The largest absolute Gasteiger partial charge is 0.398 e. The zero-order valence-electron chi connectivity index (χ0n) is 13.6. The second-order valence-electron chi connectivity index (χ2n) is 5.82. The maximum atomic E-state index is 6.31. The van der Waals surface area contributed by atoms with Crippen molar-refractivity contribution in [3.05, 3.63) is 65.4 Å². The van der Waals surface area contributed by atoms with E-state index in [4.69, 9.17) is 23.1 Å². The van der Waals surface area contributed by atoms with Gasteiger partial charge in [-0.25, -0.2) is 9.97 Å². The summed E-state index contributed by atoms with van der Waals surface area (Å²) in [5.74, 6) is 1.85. The number of aryl methyl sites for hydroxylation is 1. The van der Waals surface area contributed by atoms with E-state index in [0.29, 0.717) is 27.9 Å². The zero-order valence-corrected chi connectivity index (χ0v) is 14.3. The lowest BCUT2D eigenvalue weighted by Crippen LogP contribution is -2.06. The third-order valence-corrected chi connectivity index (χ3v) is 4.41. The molecule has 2 aromatic carbocycles. The molecule has 2 aromatic heterocycles. The second-order valence-corrected chi connectivity index (χ2v) is 6.26. The van der Waals surface area contributed by atoms with Crippen LogP contribution < -0.4 is 11.5 Å². The van der Waals surface area contributed by atoms with Crippen molar-refractivity contribution in [2.24, 2.45) is 0 Å². The molecule has 6 heteroatoms. The molecule has 25 heavy (non-hydrogen) atoms. The summed E-state index contributed by atoms with van der Waals surface area (Å²) in [6.45, 7) is 1.93. The fourth-order valence-electron chi connectivity index (χ4n) is 3.05. The number of benzene rings is 2. The number of rotatable bonds is 2. The number of nitrogens with zero attached hydrogens (tertiary/aromatic N) is 3. The van der Waals surface area contributed by atoms with Crippen LogP contribution in [0.4, 0.5) is 11.5 Å². The molecule has 4 rings (SSSR count). The van der Waals surface area contributed by atoms with E-state index in [9.17, 15) is 0 Å². The van der Waals surface area contributed by atoms with Crippen molar-refractivity contribution in [2.75, 3.05) is 11.5 Å². The van der Waals surface area contributed by atoms with Crippen molar-refractivity contribution in [3.8, 4) is 16.9 Å². The molecule has 124 valence electrons. The third-order valence-electron chi connectivity index (χ3n) is 4.15. The maximum absolute atomic E-state index is 6.31. The lowest BCUT2D eigenvalue weighted by atomic mass is 10.0. The van der Waals surface area contributed by atoms with Gasteiger partial charge < -0.3 is 11.5 Å². The van der Waals surface area contributed by atoms with Crippen LogP contribution in [0.25, 0.3) is 28.0 Å². The molecule has 5 nitrogen and oxygen atoms in total. The predicted octanol–water partition coefficient (Wildman–Crippen LogP) is 4.21. The van der Waals surface area contributed by atoms with Gasteiger partial charge in [0.2, 0.25) is 0 Å². The van der Waals surface area contributed by atoms with Gasteiger partial charge in [0, 0.05) is 22.3 Å². The summed E-state index contributed by atoms with van der Waals surface area (Å²) in [6.07, 6.45) is 0. The Kier molecular flexibility index (Phi) is 3.58. The third kappa shape index (κ3) is 2.58. The minimum atomic E-state index is 0.370. The summed E-state index contributed by atoms with van der Waals surface area (Å²) in [4.78, 5) is 9.14. The molecule has 0 aliphatic carbocycles. The SMILES string of the molecule is Cc1nc2ccccc2n1-c1cc(N)c(-c2ccc(Cl)cc2)c(N)n1. The van der Waals surface area contributed by atoms with E-state index in [1.165, 1.54) is 0 Å². The first kappa shape index (κ1) is 15.5. The lowest BCUT2D eigenvalue weighted by Gasteiger charge is -2.13. The van der Waals surface area contributed by atoms with Gasteiger partial charge in [-0.05, 0) is 36.8 Å². The van der Waals surface area contributed by atoms with Gasteiger partial charge in [0.05, 0.1) is 11.0 Å². The van der Waals surface area contributed by atoms with Gasteiger partial charge >= 0.3 is 0 Å². The molecule has 0 unspecified atom stereocenters. The molecule has 0 radical (unpaired) electrons. The van der Waals surface area contributed by atoms with Crippen LogP contribution in [0.3, 0.4) is 0 Å². The topological polar surface area (TPSA) is 82.8 Å². The van der Waals surface area contributed by atoms with E-state index in [0.717, 1.165) is 22.4 Å². The molecule has 4 aromatic rings. The smallest absolute Gasteiger partial charge is 0.143 e. The van der Waals surface area contributed by atoms with E-state index in [-0.39, 0.29) is 0 Å². The Labute approximate surface area is 149 Å². The standard InChI is InChI=1S/C19H16ClN5/c1-11-23-15-4-2-3-5-16(15)25(11)17-10-14(21)18(19(22)24-17)12-6-8-13(20)9-7-12/h2-10H,1H3,(H4,21,22,24). The molecule has 0 bridgehead atoms. The molecule has 0 aliphatic rings. The van der Waals surface area contributed by atoms with Crippen LogP contribution in [-0.2, 0) is 0 Å². The number of fused-ring (bicyclic) bond motifs is 1. The van der Waals surface area contributed by atoms with E-state index in [1.54, 1.807) is 12.1 Å². The summed E-state index contributed by atoms with van der Waals surface area (Å²) in [6, 6.07) is 17.1. The monoisotopic (exact) mass is 349 g/mol. The molecule has 0 atom stereocenters. The highest BCUT2D eigenvalue weighted by Gasteiger charge is 2.15. The first-order chi connectivity index (χ1) is 12.0. The summed E-state index contributed by atoms with van der Waals surface area (Å²) in [5.41, 5.74) is 16.6. The van der Waals surface area contributed by atoms with Crippen LogP contribution in [-0.4, -0.2) is 14.5 Å². The zero-order chi connectivity index (χ0) is 17.6. The summed E-state index contributed by atoms with van der Waals surface area (Å²) < 4.78 is 1.95. The number of halogens is 1. The van der Waals surface area contributed by atoms with Crippen molar-refractivity contribution < 1.29 is 0 Å². The Morgan fingerprint density at radius 1 is 0.960 bits per heavy atom. The van der Waals surface area contributed by atoms with Crippen LogP contribution in [0.2, 0.25) is 5.02 Å². The average Bonchev–Trinajstić information content (AvgIpc) is 2.91. The molecule has 0 aliphatic heterocycles. The quantitative estimate of drug-likeness (QED) is 0.567. The molecular formula is C19H16ClN5. The Morgan fingerprint density at radius 2 is 1.68 bits per heavy atom. The van der Waals surface area contributed by atoms with Crippen LogP contribution >= 0.6 is 11.6 Å². The molecular weight excluding hydrogens is 334 g/mol. The van der Waals surface area contributed by atoms with Crippen molar-refractivity contribution in [1.29, 1.82) is 0 Å². The van der Waals surface area contributed by atoms with Gasteiger partial charge in [0.25, 0.3) is 0 Å². The molecule has 0 spiro atoms. The number of nitrogen functional groups attached to an aromatic ring is 2. The van der Waals surface area contributed by atoms with E-state index in [1.807, 2.05) is 54.0 Å². The van der Waals surface area contributed by atoms with Crippen molar-refractivity contribution >= 4 is 34.1 Å². The highest BCUT2D eigenvalue weighted by Crippen LogP contribution is 2.33. The summed E-state index contributed by atoms with van der Waals surface area (Å²) >= 11 is 5.96. The van der Waals surface area contributed by atoms with E-state index in [2.05, 4.69) is 9.97 Å². The average molecular weight is 350 g/mol. The number of nitrogens with two attached hydrogens (primary N) is 2. The van der Waals surface area contributed by atoms with Crippen molar-refractivity contribution in [1.82, 2.24) is 14.5 Å². The van der Waals surface area contributed by atoms with Crippen molar-refractivity contribution in [3.63, 3.8) is 0 Å². The van der Waals surface area contributed by atoms with Crippen LogP contribution in [0.15, 0.2) is 54.6 Å². The van der Waals surface area contributed by atoms with Crippen LogP contribution in [0.5, 0.6) is 0 Å². The molecule has 4 N–H and O–H groups in total. The van der Waals surface area contributed by atoms with Crippen molar-refractivity contribution in [2.45, 2.75) is 6.92 Å². The number of anilines is 2. The summed E-state index contributed by atoms with van der Waals surface area (Å²) in [7, 11) is 0. The van der Waals surface area contributed by atoms with Gasteiger partial charge in [0.1, 0.15) is 17.5 Å². The minimum absolute atomic E-state index is 0.370. The minimum Gasteiger partial charge on any atom is -0.398 e. The van der Waals surface area contributed by atoms with Crippen LogP contribution in [0.1, 0.15) is 5.82 Å². The molecule has 0 fully saturated rings. The molecule has 0 amide bonds. The Balaban J connectivity index is 1.90. The first-order valence-corrected chi connectivity index (χ1v) is 8.19. The number of pyridine rings is 1. The normalized spacial score (nSPS) is 11.1. The highest BCUT2D eigenvalue weighted by atomic mass is 35.5. The van der Waals surface area contributed by atoms with Crippen LogP contribution in [0, 0.1) is 6.92 Å². The molecule has 0 saturated carbocycles. The number of aromatic nitrogens is 3.